The van der Waals surface area contributed by atoms with Crippen LogP contribution in [0.2, 0.25) is 0 Å². The van der Waals surface area contributed by atoms with E-state index in [1.165, 1.54) is 42.3 Å². The van der Waals surface area contributed by atoms with Crippen molar-refractivity contribution in [2.24, 2.45) is 23.7 Å². The van der Waals surface area contributed by atoms with Crippen LogP contribution in [0.4, 0.5) is 0 Å². The maximum atomic E-state index is 2.50. The molecule has 2 fully saturated rings. The predicted molar refractivity (Wildman–Crippen MR) is 93.7 cm³/mol. The summed E-state index contributed by atoms with van der Waals surface area (Å²) in [7, 11) is 2.36. The zero-order chi connectivity index (χ0) is 13.4. The second kappa shape index (κ2) is 10.4. The number of allylic oxidation sites excluding steroid dienone is 8. The van der Waals surface area contributed by atoms with Gasteiger partial charge in [-0.3, -0.25) is 0 Å². The predicted octanol–water partition coefficient (Wildman–Crippen LogP) is -1.39. The van der Waals surface area contributed by atoms with E-state index in [-0.39, 0.29) is 51.0 Å². The molecule has 0 amide bonds. The van der Waals surface area contributed by atoms with Crippen molar-refractivity contribution in [2.45, 2.75) is 24.2 Å². The molecule has 8 atom stereocenters. The fraction of sp³-hybridized carbons (Fsp3) is 0.556. The Bertz CT molecular complexity index is 445. The van der Waals surface area contributed by atoms with Gasteiger partial charge in [-0.25, -0.2) is 0 Å². The third-order valence-electron chi connectivity index (χ3n) is 5.58. The van der Waals surface area contributed by atoms with Gasteiger partial charge in [-0.15, -0.1) is 17.2 Å². The monoisotopic (exact) mass is 462 g/mol. The summed E-state index contributed by atoms with van der Waals surface area (Å²) in [5, 5.41) is 0. The first-order valence-electron chi connectivity index (χ1n) is 8.08. The molecule has 0 N–H and O–H groups in total. The van der Waals surface area contributed by atoms with Crippen LogP contribution in [0, 0.1) is 23.7 Å². The van der Waals surface area contributed by atoms with Crippen molar-refractivity contribution < 1.29 is 51.0 Å². The number of hydrogen-bond acceptors (Lipinski definition) is 0. The molecule has 0 aromatic heterocycles. The topological polar surface area (TPSA) is 0 Å². The molecule has 2 saturated heterocycles. The van der Waals surface area contributed by atoms with Gasteiger partial charge in [-0.1, -0.05) is 48.6 Å². The molecular weight excluding hydrogens is 440 g/mol. The maximum absolute atomic E-state index is 2.50. The largest absolute Gasteiger partial charge is 2.00 e. The molecule has 2 heterocycles. The summed E-state index contributed by atoms with van der Waals surface area (Å²) in [6.07, 6.45) is 24.9. The molecule has 8 unspecified atom stereocenters. The quantitative estimate of drug-likeness (QED) is 0.452. The molecule has 0 radical (unpaired) electrons. The average molecular weight is 464 g/mol. The van der Waals surface area contributed by atoms with Gasteiger partial charge in [-0.05, 0) is 48.8 Å². The number of fused-ring (bicyclic) bond motifs is 2. The van der Waals surface area contributed by atoms with Crippen LogP contribution in [-0.2, 0) is 26.2 Å². The van der Waals surface area contributed by atoms with Gasteiger partial charge >= 0.3 is 26.2 Å². The van der Waals surface area contributed by atoms with E-state index in [4.69, 9.17) is 0 Å². The summed E-state index contributed by atoms with van der Waals surface area (Å²) in [4.78, 5) is 0. The Morgan fingerprint density at radius 1 is 0.652 bits per heavy atom. The summed E-state index contributed by atoms with van der Waals surface area (Å²) in [6, 6.07) is 0. The van der Waals surface area contributed by atoms with Crippen LogP contribution in [-0.4, -0.2) is 23.6 Å². The molecule has 0 aromatic rings. The van der Waals surface area contributed by atoms with Gasteiger partial charge in [0.1, 0.15) is 0 Å². The normalized spacial score (nSPS) is 41.0. The molecule has 2 aliphatic heterocycles. The van der Waals surface area contributed by atoms with Crippen LogP contribution in [0.25, 0.3) is 0 Å². The smallest absolute Gasteiger partial charge is 1.00 e. The van der Waals surface area contributed by atoms with E-state index in [1.54, 1.807) is 0 Å². The Morgan fingerprint density at radius 2 is 1.04 bits per heavy atom. The summed E-state index contributed by atoms with van der Waals surface area (Å²) in [5.41, 5.74) is 1.78. The SMILES string of the molecule is C1=CC2PCC(CCC3CPC4C=CC=CC34)C2C=C1.[Cl-].[Cl-].[Zr+2]. The Morgan fingerprint density at radius 3 is 1.48 bits per heavy atom. The van der Waals surface area contributed by atoms with Crippen molar-refractivity contribution in [2.75, 3.05) is 12.3 Å². The van der Waals surface area contributed by atoms with Crippen molar-refractivity contribution >= 4 is 17.2 Å². The first-order chi connectivity index (χ1) is 9.92. The molecular formula is C18H24Cl2P2Zr. The van der Waals surface area contributed by atoms with Crippen LogP contribution in [0.5, 0.6) is 0 Å². The number of halogens is 2. The molecule has 23 heavy (non-hydrogen) atoms. The van der Waals surface area contributed by atoms with Gasteiger partial charge in [0.05, 0.1) is 0 Å². The van der Waals surface area contributed by atoms with Crippen molar-refractivity contribution in [3.05, 3.63) is 48.6 Å². The van der Waals surface area contributed by atoms with E-state index < -0.39 is 0 Å². The zero-order valence-corrected chi connectivity index (χ0v) is 19.1. The molecule has 4 aliphatic rings. The van der Waals surface area contributed by atoms with Gasteiger partial charge < -0.3 is 24.8 Å². The summed E-state index contributed by atoms with van der Waals surface area (Å²) >= 11 is 0. The molecule has 5 heteroatoms. The first-order valence-corrected chi connectivity index (χ1v) is 10.7. The molecule has 0 spiro atoms. The minimum Gasteiger partial charge on any atom is -1.00 e. The van der Waals surface area contributed by atoms with E-state index in [2.05, 4.69) is 48.6 Å². The van der Waals surface area contributed by atoms with Crippen LogP contribution in [0.3, 0.4) is 0 Å². The van der Waals surface area contributed by atoms with Crippen LogP contribution < -0.4 is 24.8 Å². The van der Waals surface area contributed by atoms with Crippen LogP contribution in [0.1, 0.15) is 12.8 Å². The molecule has 124 valence electrons. The first kappa shape index (κ1) is 22.3. The van der Waals surface area contributed by atoms with E-state index in [0.717, 1.165) is 35.0 Å². The van der Waals surface area contributed by atoms with Gasteiger partial charge in [0.2, 0.25) is 0 Å². The summed E-state index contributed by atoms with van der Waals surface area (Å²) in [6.45, 7) is 0. The van der Waals surface area contributed by atoms with E-state index in [1.807, 2.05) is 0 Å². The van der Waals surface area contributed by atoms with Crippen molar-refractivity contribution in [1.82, 2.24) is 0 Å². The van der Waals surface area contributed by atoms with Crippen molar-refractivity contribution in [3.63, 3.8) is 0 Å². The maximum Gasteiger partial charge on any atom is 2.00 e. The molecule has 4 rings (SSSR count). The average Bonchev–Trinajstić information content (AvgIpc) is 3.09. The second-order valence-electron chi connectivity index (χ2n) is 6.66. The van der Waals surface area contributed by atoms with Gasteiger partial charge in [0.25, 0.3) is 0 Å². The van der Waals surface area contributed by atoms with Crippen molar-refractivity contribution in [3.8, 4) is 0 Å². The van der Waals surface area contributed by atoms with Crippen molar-refractivity contribution in [1.29, 1.82) is 0 Å². The Labute approximate surface area is 176 Å². The van der Waals surface area contributed by atoms with Gasteiger partial charge in [0.15, 0.2) is 0 Å². The molecule has 2 aliphatic carbocycles. The fourth-order valence-corrected chi connectivity index (χ4v) is 8.33. The van der Waals surface area contributed by atoms with E-state index in [9.17, 15) is 0 Å². The fourth-order valence-electron chi connectivity index (χ4n) is 4.42. The van der Waals surface area contributed by atoms with E-state index >= 15 is 0 Å². The minimum absolute atomic E-state index is 0. The third kappa shape index (κ3) is 4.92. The second-order valence-corrected chi connectivity index (χ2v) is 9.63. The standard InChI is InChI=1S/C18H24P2.2ClH.Zr/c1-3-7-17-15(5-1)13(11-19-17)9-10-14-12-20-18-8-4-2-6-16(14)18;;;/h1-8,13-20H,9-12H2;2*1H;/q;;;+2/p-2. The van der Waals surface area contributed by atoms with Gasteiger partial charge in [0, 0.05) is 11.3 Å². The zero-order valence-electron chi connectivity index (χ0n) is 13.2. The molecule has 0 aromatic carbocycles. The van der Waals surface area contributed by atoms with E-state index in [0.29, 0.717) is 0 Å². The van der Waals surface area contributed by atoms with Gasteiger partial charge in [-0.2, -0.15) is 0 Å². The Balaban J connectivity index is 0.000000882. The molecule has 0 nitrogen and oxygen atoms in total. The molecule has 0 bridgehead atoms. The summed E-state index contributed by atoms with van der Waals surface area (Å²) in [5.74, 6) is 3.70. The Kier molecular flexibility index (Phi) is 10.1. The van der Waals surface area contributed by atoms with Crippen LogP contribution in [0.15, 0.2) is 48.6 Å². The minimum atomic E-state index is 0. The molecule has 0 saturated carbocycles. The number of rotatable bonds is 3. The Hall–Kier alpha value is 1.28. The third-order valence-corrected chi connectivity index (χ3v) is 9.20. The number of hydrogen-bond donors (Lipinski definition) is 0. The van der Waals surface area contributed by atoms with Crippen LogP contribution >= 0.6 is 17.2 Å². The summed E-state index contributed by atoms with van der Waals surface area (Å²) < 4.78 is 0.